The van der Waals surface area contributed by atoms with E-state index in [-0.39, 0.29) is 6.17 Å². The number of ether oxygens (including phenoxy) is 1. The molecule has 1 fully saturated rings. The Morgan fingerprint density at radius 3 is 1.92 bits per heavy atom. The van der Waals surface area contributed by atoms with Crippen molar-refractivity contribution in [2.75, 3.05) is 0 Å². The van der Waals surface area contributed by atoms with Gasteiger partial charge in [0.25, 0.3) is 0 Å². The van der Waals surface area contributed by atoms with Crippen molar-refractivity contribution in [3.8, 4) is 11.5 Å². The molecule has 0 spiro atoms. The largest absolute Gasteiger partial charge is 0.457 e. The Balaban J connectivity index is 1.18. The van der Waals surface area contributed by atoms with Gasteiger partial charge in [-0.05, 0) is 81.5 Å². The quantitative estimate of drug-likeness (QED) is 0.189. The average molecular weight is 685 g/mol. The Hall–Kier alpha value is -6.19. The van der Waals surface area contributed by atoms with Crippen molar-refractivity contribution in [3.05, 3.63) is 226 Å². The van der Waals surface area contributed by atoms with Gasteiger partial charge in [0.2, 0.25) is 0 Å². The minimum Gasteiger partial charge on any atom is -0.457 e. The average Bonchev–Trinajstić information content (AvgIpc) is 4.03. The SMILES string of the molecule is CC1C=CC(C2(c3ccccc3)c3ccccc3Oc3ccccc32)=C(c2cccc(C3N=C(c4ccccc4)C4CC4=C(c4ccccc4)N3)c2)C1. The summed E-state index contributed by atoms with van der Waals surface area (Å²) in [5.74, 6) is 2.50. The van der Waals surface area contributed by atoms with E-state index < -0.39 is 5.41 Å². The maximum atomic E-state index is 6.65. The van der Waals surface area contributed by atoms with Crippen molar-refractivity contribution in [2.45, 2.75) is 31.3 Å². The maximum absolute atomic E-state index is 6.65. The number of allylic oxidation sites excluding steroid dienone is 5. The lowest BCUT2D eigenvalue weighted by Gasteiger charge is -2.44. The van der Waals surface area contributed by atoms with E-state index in [1.807, 2.05) is 0 Å². The summed E-state index contributed by atoms with van der Waals surface area (Å²) >= 11 is 0. The van der Waals surface area contributed by atoms with Crippen LogP contribution >= 0.6 is 0 Å². The number of aliphatic imine (C=N–C) groups is 1. The Morgan fingerprint density at radius 1 is 0.623 bits per heavy atom. The number of nitrogens with zero attached hydrogens (tertiary/aromatic N) is 1. The fraction of sp³-hybridized carbons (Fsp3) is 0.140. The van der Waals surface area contributed by atoms with Crippen LogP contribution in [0, 0.1) is 11.8 Å². The summed E-state index contributed by atoms with van der Waals surface area (Å²) < 4.78 is 6.65. The molecule has 1 saturated carbocycles. The second-order valence-corrected chi connectivity index (χ2v) is 14.7. The van der Waals surface area contributed by atoms with E-state index in [2.05, 4.69) is 188 Å². The van der Waals surface area contributed by atoms with Crippen LogP contribution in [0.5, 0.6) is 11.5 Å². The molecule has 2 aliphatic carbocycles. The molecule has 6 aromatic rings. The van der Waals surface area contributed by atoms with Gasteiger partial charge in [0, 0.05) is 22.7 Å². The smallest absolute Gasteiger partial charge is 0.145 e. The molecule has 3 nitrogen and oxygen atoms in total. The van der Waals surface area contributed by atoms with Crippen LogP contribution in [0.3, 0.4) is 0 Å². The van der Waals surface area contributed by atoms with Gasteiger partial charge in [-0.1, -0.05) is 165 Å². The second kappa shape index (κ2) is 12.8. The fourth-order valence-electron chi connectivity index (χ4n) is 8.93. The van der Waals surface area contributed by atoms with E-state index in [9.17, 15) is 0 Å². The predicted molar refractivity (Wildman–Crippen MR) is 216 cm³/mol. The molecule has 3 unspecified atom stereocenters. The van der Waals surface area contributed by atoms with E-state index in [1.165, 1.54) is 50.4 Å². The molecule has 10 rings (SSSR count). The van der Waals surface area contributed by atoms with Crippen LogP contribution in [-0.2, 0) is 5.41 Å². The molecule has 53 heavy (non-hydrogen) atoms. The highest BCUT2D eigenvalue weighted by Crippen LogP contribution is 2.58. The lowest BCUT2D eigenvalue weighted by Crippen LogP contribution is -2.36. The number of benzene rings is 6. The zero-order chi connectivity index (χ0) is 35.4. The van der Waals surface area contributed by atoms with Crippen LogP contribution in [-0.4, -0.2) is 5.71 Å². The van der Waals surface area contributed by atoms with Gasteiger partial charge in [-0.2, -0.15) is 0 Å². The van der Waals surface area contributed by atoms with Crippen LogP contribution in [0.4, 0.5) is 0 Å². The molecule has 3 atom stereocenters. The third-order valence-electron chi connectivity index (χ3n) is 11.4. The molecular formula is C50H40N2O. The van der Waals surface area contributed by atoms with E-state index in [1.54, 1.807) is 0 Å². The topological polar surface area (TPSA) is 33.6 Å². The molecule has 256 valence electrons. The van der Waals surface area contributed by atoms with Gasteiger partial charge in [-0.3, -0.25) is 4.99 Å². The number of hydrogen-bond acceptors (Lipinski definition) is 3. The van der Waals surface area contributed by atoms with Gasteiger partial charge < -0.3 is 10.1 Å². The van der Waals surface area contributed by atoms with Crippen molar-refractivity contribution in [1.82, 2.24) is 5.32 Å². The van der Waals surface area contributed by atoms with Gasteiger partial charge in [-0.15, -0.1) is 0 Å². The molecule has 2 aliphatic heterocycles. The highest BCUT2D eigenvalue weighted by Gasteiger charge is 2.47. The van der Waals surface area contributed by atoms with Crippen molar-refractivity contribution in [3.63, 3.8) is 0 Å². The summed E-state index contributed by atoms with van der Waals surface area (Å²) in [6.45, 7) is 2.33. The first-order chi connectivity index (χ1) is 26.2. The summed E-state index contributed by atoms with van der Waals surface area (Å²) in [4.78, 5) is 5.56. The van der Waals surface area contributed by atoms with Crippen molar-refractivity contribution >= 4 is 17.0 Å². The maximum Gasteiger partial charge on any atom is 0.145 e. The van der Waals surface area contributed by atoms with Gasteiger partial charge in [0.15, 0.2) is 0 Å². The Kier molecular flexibility index (Phi) is 7.61. The van der Waals surface area contributed by atoms with E-state index in [0.717, 1.165) is 41.0 Å². The first-order valence-electron chi connectivity index (χ1n) is 18.8. The first kappa shape index (κ1) is 31.5. The van der Waals surface area contributed by atoms with E-state index >= 15 is 0 Å². The Labute approximate surface area is 311 Å². The van der Waals surface area contributed by atoms with Crippen molar-refractivity contribution in [2.24, 2.45) is 16.8 Å². The number of rotatable bonds is 6. The molecule has 4 aliphatic rings. The molecule has 0 aromatic heterocycles. The molecule has 1 N–H and O–H groups in total. The van der Waals surface area contributed by atoms with E-state index in [0.29, 0.717) is 11.8 Å². The predicted octanol–water partition coefficient (Wildman–Crippen LogP) is 11.7. The zero-order valence-electron chi connectivity index (χ0n) is 29.7. The van der Waals surface area contributed by atoms with Crippen molar-refractivity contribution in [1.29, 1.82) is 0 Å². The third kappa shape index (κ3) is 5.30. The monoisotopic (exact) mass is 684 g/mol. The Bertz CT molecular complexity index is 2430. The highest BCUT2D eigenvalue weighted by atomic mass is 16.5. The fourth-order valence-corrected chi connectivity index (χ4v) is 8.93. The number of para-hydroxylation sites is 2. The number of hydrogen-bond donors (Lipinski definition) is 1. The number of fused-ring (bicyclic) bond motifs is 3. The second-order valence-electron chi connectivity index (χ2n) is 14.7. The minimum atomic E-state index is -0.583. The molecule has 0 bridgehead atoms. The van der Waals surface area contributed by atoms with Crippen LogP contribution in [0.2, 0.25) is 0 Å². The van der Waals surface area contributed by atoms with Gasteiger partial charge in [0.05, 0.1) is 11.1 Å². The van der Waals surface area contributed by atoms with Crippen LogP contribution in [0.15, 0.2) is 192 Å². The lowest BCUT2D eigenvalue weighted by atomic mass is 9.60. The van der Waals surface area contributed by atoms with Crippen LogP contribution < -0.4 is 10.1 Å². The Morgan fingerprint density at radius 2 is 1.23 bits per heavy atom. The minimum absolute atomic E-state index is 0.242. The molecule has 0 saturated heterocycles. The zero-order valence-corrected chi connectivity index (χ0v) is 29.7. The highest BCUT2D eigenvalue weighted by molar-refractivity contribution is 6.08. The summed E-state index contributed by atoms with van der Waals surface area (Å²) in [7, 11) is 0. The molecular weight excluding hydrogens is 645 g/mol. The van der Waals surface area contributed by atoms with Gasteiger partial charge >= 0.3 is 0 Å². The number of nitrogens with one attached hydrogen (secondary N) is 1. The summed E-state index contributed by atoms with van der Waals surface area (Å²) in [5, 5.41) is 3.96. The summed E-state index contributed by atoms with van der Waals surface area (Å²) in [6.07, 6.45) is 6.51. The standard InChI is InChI=1S/C50H40N2O/c1-33-28-29-42(50(38-22-9-4-10-23-38)43-24-11-13-26-45(43)53-46-27-14-12-25-44(46)50)39(30-33)36-20-15-21-37(31-36)49-51-47(34-16-5-2-6-17-34)40-32-41(40)48(52-49)35-18-7-3-8-19-35/h2-29,31,33,40,49,52H,30,32H2,1H3. The van der Waals surface area contributed by atoms with E-state index in [4.69, 9.17) is 9.73 Å². The molecule has 0 radical (unpaired) electrons. The first-order valence-corrected chi connectivity index (χ1v) is 18.8. The molecule has 0 amide bonds. The molecule has 2 heterocycles. The van der Waals surface area contributed by atoms with Crippen molar-refractivity contribution < 1.29 is 4.74 Å². The van der Waals surface area contributed by atoms with Gasteiger partial charge in [0.1, 0.15) is 17.7 Å². The third-order valence-corrected chi connectivity index (χ3v) is 11.4. The van der Waals surface area contributed by atoms with Gasteiger partial charge in [-0.25, -0.2) is 0 Å². The molecule has 3 heteroatoms. The lowest BCUT2D eigenvalue weighted by molar-refractivity contribution is 0.434. The summed E-state index contributed by atoms with van der Waals surface area (Å²) in [6, 6.07) is 58.8. The summed E-state index contributed by atoms with van der Waals surface area (Å²) in [5.41, 5.74) is 14.2. The molecule has 6 aromatic carbocycles. The van der Waals surface area contributed by atoms with Crippen LogP contribution in [0.1, 0.15) is 64.9 Å². The normalized spacial score (nSPS) is 20.9. The van der Waals surface area contributed by atoms with Crippen LogP contribution in [0.25, 0.3) is 11.3 Å².